The summed E-state index contributed by atoms with van der Waals surface area (Å²) in [5, 5.41) is 1.66. The molecule has 2 aromatic rings. The Hall–Kier alpha value is -2.62. The number of halogens is 4. The van der Waals surface area contributed by atoms with Crippen molar-refractivity contribution >= 4 is 21.6 Å². The summed E-state index contributed by atoms with van der Waals surface area (Å²) in [7, 11) is -4.15. The van der Waals surface area contributed by atoms with Crippen LogP contribution in [0.2, 0.25) is 0 Å². The predicted molar refractivity (Wildman–Crippen MR) is 82.0 cm³/mol. The molecule has 2 aromatic carbocycles. The fraction of sp³-hybridized carbons (Fsp3) is 0.133. The summed E-state index contributed by atoms with van der Waals surface area (Å²) in [5.41, 5.74) is -0.482. The van der Waals surface area contributed by atoms with Crippen LogP contribution in [0.3, 0.4) is 0 Å². The molecule has 0 radical (unpaired) electrons. The van der Waals surface area contributed by atoms with E-state index >= 15 is 0 Å². The summed E-state index contributed by atoms with van der Waals surface area (Å²) in [6.07, 6.45) is -4.60. The van der Waals surface area contributed by atoms with Crippen LogP contribution >= 0.6 is 0 Å². The minimum Gasteiger partial charge on any atom is -0.343 e. The van der Waals surface area contributed by atoms with Crippen molar-refractivity contribution in [1.29, 1.82) is 0 Å². The van der Waals surface area contributed by atoms with Gasteiger partial charge in [-0.2, -0.15) is 13.2 Å². The summed E-state index contributed by atoms with van der Waals surface area (Å²) in [6.45, 7) is -1.55. The Balaban J connectivity index is 2.25. The van der Waals surface area contributed by atoms with E-state index in [2.05, 4.69) is 4.72 Å². The summed E-state index contributed by atoms with van der Waals surface area (Å²) in [4.78, 5) is 11.6. The van der Waals surface area contributed by atoms with Crippen LogP contribution in [-0.2, 0) is 10.0 Å². The van der Waals surface area contributed by atoms with E-state index in [1.807, 2.05) is 0 Å². The van der Waals surface area contributed by atoms with Crippen LogP contribution in [0.4, 0.5) is 23.2 Å². The molecule has 2 rings (SSSR count). The highest BCUT2D eigenvalue weighted by atomic mass is 32.2. The number of rotatable bonds is 5. The first-order chi connectivity index (χ1) is 11.6. The molecule has 0 aliphatic rings. The predicted octanol–water partition coefficient (Wildman–Crippen LogP) is 2.92. The molecule has 0 unspecified atom stereocenters. The van der Waals surface area contributed by atoms with Gasteiger partial charge >= 0.3 is 6.18 Å². The molecule has 0 spiro atoms. The standard InChI is InChI=1S/C15H12F4N2O3S/c16-10-5-7-11(8-6-10)25(23,24)21-13-4-2-1-3-12(13)14(22)20-9-15(17,18)19/h1-8,21H,9H2,(H,20,22). The highest BCUT2D eigenvalue weighted by Gasteiger charge is 2.28. The van der Waals surface area contributed by atoms with Gasteiger partial charge in [0.1, 0.15) is 12.4 Å². The molecule has 5 nitrogen and oxygen atoms in total. The van der Waals surface area contributed by atoms with E-state index < -0.39 is 34.5 Å². The van der Waals surface area contributed by atoms with Gasteiger partial charge in [-0.05, 0) is 36.4 Å². The Labute approximate surface area is 140 Å². The fourth-order valence-electron chi connectivity index (χ4n) is 1.86. The number of amides is 1. The van der Waals surface area contributed by atoms with Crippen LogP contribution < -0.4 is 10.0 Å². The lowest BCUT2D eigenvalue weighted by Gasteiger charge is -2.13. The topological polar surface area (TPSA) is 75.3 Å². The average molecular weight is 376 g/mol. The minimum atomic E-state index is -4.60. The lowest BCUT2D eigenvalue weighted by molar-refractivity contribution is -0.123. The number of carbonyl (C=O) groups is 1. The maximum Gasteiger partial charge on any atom is 0.405 e. The molecule has 0 bridgehead atoms. The fourth-order valence-corrected chi connectivity index (χ4v) is 2.94. The first-order valence-corrected chi connectivity index (χ1v) is 8.29. The van der Waals surface area contributed by atoms with Crippen molar-refractivity contribution in [2.45, 2.75) is 11.1 Å². The number of benzene rings is 2. The number of alkyl halides is 3. The van der Waals surface area contributed by atoms with Crippen LogP contribution in [0, 0.1) is 5.82 Å². The third kappa shape index (κ3) is 5.18. The van der Waals surface area contributed by atoms with Crippen molar-refractivity contribution in [2.24, 2.45) is 0 Å². The number of hydrogen-bond acceptors (Lipinski definition) is 3. The maximum absolute atomic E-state index is 12.9. The normalized spacial score (nSPS) is 11.8. The molecule has 1 amide bonds. The smallest absolute Gasteiger partial charge is 0.343 e. The van der Waals surface area contributed by atoms with Gasteiger partial charge in [-0.1, -0.05) is 12.1 Å². The van der Waals surface area contributed by atoms with Gasteiger partial charge in [0.15, 0.2) is 0 Å². The molecule has 0 saturated carbocycles. The molecular weight excluding hydrogens is 364 g/mol. The van der Waals surface area contributed by atoms with Crippen LogP contribution in [0.15, 0.2) is 53.4 Å². The Morgan fingerprint density at radius 3 is 2.20 bits per heavy atom. The van der Waals surface area contributed by atoms with Crippen molar-refractivity contribution in [3.63, 3.8) is 0 Å². The molecule has 10 heteroatoms. The summed E-state index contributed by atoms with van der Waals surface area (Å²) in [6, 6.07) is 9.10. The van der Waals surface area contributed by atoms with Crippen molar-refractivity contribution in [3.8, 4) is 0 Å². The first-order valence-electron chi connectivity index (χ1n) is 6.81. The molecule has 25 heavy (non-hydrogen) atoms. The van der Waals surface area contributed by atoms with Crippen molar-refractivity contribution in [2.75, 3.05) is 11.3 Å². The number of carbonyl (C=O) groups excluding carboxylic acids is 1. The molecule has 0 aliphatic carbocycles. The third-order valence-corrected chi connectivity index (χ3v) is 4.37. The monoisotopic (exact) mass is 376 g/mol. The molecule has 0 aliphatic heterocycles. The van der Waals surface area contributed by atoms with E-state index in [-0.39, 0.29) is 16.1 Å². The second-order valence-corrected chi connectivity index (χ2v) is 6.59. The summed E-state index contributed by atoms with van der Waals surface area (Å²) in [5.74, 6) is -1.72. The molecule has 0 aromatic heterocycles. The summed E-state index contributed by atoms with van der Waals surface area (Å²) < 4.78 is 76.1. The molecule has 0 fully saturated rings. The van der Waals surface area contributed by atoms with Crippen molar-refractivity contribution in [3.05, 3.63) is 59.9 Å². The lowest BCUT2D eigenvalue weighted by Crippen LogP contribution is -2.34. The van der Waals surface area contributed by atoms with E-state index in [9.17, 15) is 30.8 Å². The van der Waals surface area contributed by atoms with Gasteiger partial charge in [-0.3, -0.25) is 9.52 Å². The number of para-hydroxylation sites is 1. The van der Waals surface area contributed by atoms with Gasteiger partial charge in [-0.15, -0.1) is 0 Å². The van der Waals surface area contributed by atoms with Gasteiger partial charge in [0.2, 0.25) is 0 Å². The molecule has 0 saturated heterocycles. The SMILES string of the molecule is O=C(NCC(F)(F)F)c1ccccc1NS(=O)(=O)c1ccc(F)cc1. The Morgan fingerprint density at radius 1 is 1.00 bits per heavy atom. The quantitative estimate of drug-likeness (QED) is 0.788. The van der Waals surface area contributed by atoms with E-state index in [1.165, 1.54) is 24.3 Å². The van der Waals surface area contributed by atoms with E-state index in [0.29, 0.717) is 0 Å². The zero-order valence-electron chi connectivity index (χ0n) is 12.5. The van der Waals surface area contributed by atoms with Gasteiger partial charge in [0.05, 0.1) is 16.1 Å². The molecular formula is C15H12F4N2O3S. The van der Waals surface area contributed by atoms with Gasteiger partial charge in [0.25, 0.3) is 15.9 Å². The van der Waals surface area contributed by atoms with E-state index in [0.717, 1.165) is 24.3 Å². The number of anilines is 1. The Bertz CT molecular complexity index is 865. The zero-order chi connectivity index (χ0) is 18.7. The minimum absolute atomic E-state index is 0.202. The van der Waals surface area contributed by atoms with Crippen LogP contribution in [-0.4, -0.2) is 27.0 Å². The van der Waals surface area contributed by atoms with Crippen LogP contribution in [0.1, 0.15) is 10.4 Å². The van der Waals surface area contributed by atoms with Crippen LogP contribution in [0.5, 0.6) is 0 Å². The number of nitrogens with one attached hydrogen (secondary N) is 2. The van der Waals surface area contributed by atoms with E-state index in [1.54, 1.807) is 5.32 Å². The number of sulfonamides is 1. The van der Waals surface area contributed by atoms with Crippen molar-refractivity contribution in [1.82, 2.24) is 5.32 Å². The average Bonchev–Trinajstić information content (AvgIpc) is 2.52. The second-order valence-electron chi connectivity index (χ2n) is 4.90. The lowest BCUT2D eigenvalue weighted by atomic mass is 10.1. The zero-order valence-corrected chi connectivity index (χ0v) is 13.3. The molecule has 0 atom stereocenters. The van der Waals surface area contributed by atoms with Crippen molar-refractivity contribution < 1.29 is 30.8 Å². The van der Waals surface area contributed by atoms with E-state index in [4.69, 9.17) is 0 Å². The van der Waals surface area contributed by atoms with Gasteiger partial charge < -0.3 is 5.32 Å². The van der Waals surface area contributed by atoms with Gasteiger partial charge in [0, 0.05) is 0 Å². The number of hydrogen-bond donors (Lipinski definition) is 2. The largest absolute Gasteiger partial charge is 0.405 e. The molecule has 0 heterocycles. The third-order valence-electron chi connectivity index (χ3n) is 2.99. The highest BCUT2D eigenvalue weighted by molar-refractivity contribution is 7.92. The molecule has 2 N–H and O–H groups in total. The summed E-state index contributed by atoms with van der Waals surface area (Å²) >= 11 is 0. The Morgan fingerprint density at radius 2 is 1.60 bits per heavy atom. The maximum atomic E-state index is 12.9. The second kappa shape index (κ2) is 7.09. The highest BCUT2D eigenvalue weighted by Crippen LogP contribution is 2.21. The van der Waals surface area contributed by atoms with Gasteiger partial charge in [-0.25, -0.2) is 12.8 Å². The first kappa shape index (κ1) is 18.7. The Kier molecular flexibility index (Phi) is 5.31. The molecule has 134 valence electrons. The van der Waals surface area contributed by atoms with Crippen LogP contribution in [0.25, 0.3) is 0 Å².